The Kier molecular flexibility index (Phi) is 5.14. The number of hydrogen-bond acceptors (Lipinski definition) is 4. The average molecular weight is 557 g/mol. The topological polar surface area (TPSA) is 60.9 Å². The average Bonchev–Trinajstić information content (AvgIpc) is 3.61. The van der Waals surface area contributed by atoms with Crippen molar-refractivity contribution in [3.8, 4) is 28.5 Å². The molecule has 40 heavy (non-hydrogen) atoms. The number of para-hydroxylation sites is 1. The van der Waals surface area contributed by atoms with Gasteiger partial charge < -0.3 is 0 Å². The zero-order chi connectivity index (χ0) is 26.8. The van der Waals surface area contributed by atoms with Crippen molar-refractivity contribution in [1.29, 1.82) is 0 Å². The largest absolute Gasteiger partial charge is 0.292 e. The minimum Gasteiger partial charge on any atom is -0.292 e. The maximum atomic E-state index is 6.29. The Bertz CT molecular complexity index is 2230. The number of benzene rings is 5. The van der Waals surface area contributed by atoms with Crippen LogP contribution in [0.15, 0.2) is 109 Å². The molecule has 0 spiro atoms. The summed E-state index contributed by atoms with van der Waals surface area (Å²) in [5.41, 5.74) is 4.90. The second kappa shape index (κ2) is 8.88. The van der Waals surface area contributed by atoms with Gasteiger partial charge in [-0.1, -0.05) is 114 Å². The van der Waals surface area contributed by atoms with Crippen LogP contribution in [0.4, 0.5) is 0 Å². The van der Waals surface area contributed by atoms with Crippen LogP contribution in [0, 0.1) is 0 Å². The summed E-state index contributed by atoms with van der Waals surface area (Å²) in [6, 6.07) is 37.0. The molecule has 0 unspecified atom stereocenters. The normalized spacial score (nSPS) is 11.8. The van der Waals surface area contributed by atoms with Gasteiger partial charge in [0.15, 0.2) is 5.82 Å². The zero-order valence-electron chi connectivity index (χ0n) is 20.8. The Balaban J connectivity index is 1.38. The van der Waals surface area contributed by atoms with E-state index in [0.717, 1.165) is 44.4 Å². The van der Waals surface area contributed by atoms with E-state index in [4.69, 9.17) is 28.2 Å². The van der Waals surface area contributed by atoms with Gasteiger partial charge in [-0.2, -0.15) is 14.5 Å². The first-order chi connectivity index (χ1) is 19.7. The highest BCUT2D eigenvalue weighted by Crippen LogP contribution is 2.39. The molecule has 8 rings (SSSR count). The lowest BCUT2D eigenvalue weighted by molar-refractivity contribution is 0.943. The quantitative estimate of drug-likeness (QED) is 0.162. The molecule has 0 aliphatic heterocycles. The molecular formula is C32H18Cl2N6. The first-order valence-corrected chi connectivity index (χ1v) is 13.5. The number of fused-ring (bicyclic) bond motifs is 7. The molecule has 0 radical (unpaired) electrons. The predicted octanol–water partition coefficient (Wildman–Crippen LogP) is 8.41. The fraction of sp³-hybridized carbons (Fsp3) is 0. The van der Waals surface area contributed by atoms with Gasteiger partial charge in [0, 0.05) is 33.7 Å². The van der Waals surface area contributed by atoms with Crippen LogP contribution in [0.1, 0.15) is 0 Å². The lowest BCUT2D eigenvalue weighted by Gasteiger charge is -2.12. The lowest BCUT2D eigenvalue weighted by Crippen LogP contribution is -1.98. The van der Waals surface area contributed by atoms with E-state index in [2.05, 4.69) is 92.4 Å². The summed E-state index contributed by atoms with van der Waals surface area (Å²) in [6.45, 7) is 0. The van der Waals surface area contributed by atoms with Crippen LogP contribution in [0.3, 0.4) is 0 Å². The van der Waals surface area contributed by atoms with Gasteiger partial charge in [-0.25, -0.2) is 4.98 Å². The van der Waals surface area contributed by atoms with E-state index < -0.39 is 0 Å². The van der Waals surface area contributed by atoms with Crippen LogP contribution in [0.5, 0.6) is 0 Å². The van der Waals surface area contributed by atoms with Gasteiger partial charge in [-0.15, -0.1) is 5.10 Å². The molecule has 3 aromatic heterocycles. The molecule has 5 aromatic carbocycles. The Hall–Kier alpha value is -4.78. The third-order valence-corrected chi connectivity index (χ3v) is 7.65. The van der Waals surface area contributed by atoms with Crippen molar-refractivity contribution in [3.05, 3.63) is 120 Å². The summed E-state index contributed by atoms with van der Waals surface area (Å²) in [7, 11) is 0. The fourth-order valence-electron chi connectivity index (χ4n) is 5.42. The molecule has 0 aliphatic carbocycles. The smallest absolute Gasteiger partial charge is 0.255 e. The van der Waals surface area contributed by atoms with Crippen molar-refractivity contribution < 1.29 is 0 Å². The predicted molar refractivity (Wildman–Crippen MR) is 161 cm³/mol. The Morgan fingerprint density at radius 2 is 1.20 bits per heavy atom. The number of nitrogens with zero attached hydrogens (tertiary/aromatic N) is 6. The maximum Gasteiger partial charge on any atom is 0.255 e. The van der Waals surface area contributed by atoms with E-state index in [0.29, 0.717) is 16.8 Å². The van der Waals surface area contributed by atoms with Gasteiger partial charge in [-0.05, 0) is 22.9 Å². The van der Waals surface area contributed by atoms with Crippen LogP contribution in [-0.2, 0) is 0 Å². The molecule has 0 amide bonds. The number of halogens is 2. The molecule has 8 aromatic rings. The Morgan fingerprint density at radius 1 is 0.575 bits per heavy atom. The fourth-order valence-corrected chi connectivity index (χ4v) is 5.88. The summed E-state index contributed by atoms with van der Waals surface area (Å²) in [4.78, 5) is 14.0. The molecule has 0 saturated carbocycles. The van der Waals surface area contributed by atoms with E-state index in [9.17, 15) is 0 Å². The van der Waals surface area contributed by atoms with E-state index in [-0.39, 0.29) is 5.15 Å². The van der Waals surface area contributed by atoms with Crippen LogP contribution in [0.2, 0.25) is 10.3 Å². The van der Waals surface area contributed by atoms with E-state index in [1.165, 1.54) is 15.3 Å². The number of imidazole rings is 1. The van der Waals surface area contributed by atoms with Crippen LogP contribution in [0.25, 0.3) is 66.8 Å². The zero-order valence-corrected chi connectivity index (χ0v) is 22.3. The second-order valence-electron chi connectivity index (χ2n) is 9.52. The molecular weight excluding hydrogens is 539 g/mol. The SMILES string of the molecule is Clc1cc(Cl)n2nc(-c3ccc(-c4nc5c6ccccc6c6ccccc6c5n4-c4ccccc4)cc3)nc2n1. The second-order valence-corrected chi connectivity index (χ2v) is 10.3. The Morgan fingerprint density at radius 3 is 1.95 bits per heavy atom. The van der Waals surface area contributed by atoms with Gasteiger partial charge >= 0.3 is 0 Å². The van der Waals surface area contributed by atoms with E-state index in [1.807, 2.05) is 30.3 Å². The van der Waals surface area contributed by atoms with Crippen molar-refractivity contribution >= 4 is 61.6 Å². The Labute approximate surface area is 238 Å². The minimum absolute atomic E-state index is 0.270. The standard InChI is InChI=1S/C32H18Cl2N6/c33-26-18-27(34)40-32(35-26)37-30(38-40)19-14-16-20(17-15-19)31-36-28-24-12-6-4-10-22(24)23-11-5-7-13-25(23)29(28)39(31)21-8-2-1-3-9-21/h1-18H. The van der Waals surface area contributed by atoms with Crippen LogP contribution < -0.4 is 0 Å². The molecule has 3 heterocycles. The summed E-state index contributed by atoms with van der Waals surface area (Å²) >= 11 is 12.3. The van der Waals surface area contributed by atoms with Crippen molar-refractivity contribution in [2.45, 2.75) is 0 Å². The summed E-state index contributed by atoms with van der Waals surface area (Å²) in [5.74, 6) is 1.71. The van der Waals surface area contributed by atoms with Crippen molar-refractivity contribution in [2.75, 3.05) is 0 Å². The van der Waals surface area contributed by atoms with Gasteiger partial charge in [0.05, 0.1) is 11.0 Å². The highest BCUT2D eigenvalue weighted by molar-refractivity contribution is 6.33. The first-order valence-electron chi connectivity index (χ1n) is 12.7. The number of aromatic nitrogens is 6. The molecule has 0 aliphatic rings. The van der Waals surface area contributed by atoms with Crippen molar-refractivity contribution in [1.82, 2.24) is 29.1 Å². The lowest BCUT2D eigenvalue weighted by atomic mass is 10.00. The molecule has 0 atom stereocenters. The van der Waals surface area contributed by atoms with Crippen LogP contribution in [-0.4, -0.2) is 29.1 Å². The van der Waals surface area contributed by atoms with Crippen molar-refractivity contribution in [2.24, 2.45) is 0 Å². The first kappa shape index (κ1) is 23.1. The van der Waals surface area contributed by atoms with Crippen molar-refractivity contribution in [3.63, 3.8) is 0 Å². The summed E-state index contributed by atoms with van der Waals surface area (Å²) < 4.78 is 3.73. The number of hydrogen-bond donors (Lipinski definition) is 0. The highest BCUT2D eigenvalue weighted by Gasteiger charge is 2.20. The molecule has 6 nitrogen and oxygen atoms in total. The highest BCUT2D eigenvalue weighted by atomic mass is 35.5. The van der Waals surface area contributed by atoms with Gasteiger partial charge in [0.2, 0.25) is 0 Å². The van der Waals surface area contributed by atoms with Gasteiger partial charge in [0.25, 0.3) is 5.78 Å². The molecule has 0 fully saturated rings. The van der Waals surface area contributed by atoms with Crippen LogP contribution >= 0.6 is 23.2 Å². The minimum atomic E-state index is 0.270. The molecule has 0 N–H and O–H groups in total. The summed E-state index contributed by atoms with van der Waals surface area (Å²) in [5, 5.41) is 9.82. The van der Waals surface area contributed by atoms with E-state index >= 15 is 0 Å². The molecule has 8 heteroatoms. The monoisotopic (exact) mass is 556 g/mol. The molecule has 190 valence electrons. The third-order valence-electron chi connectivity index (χ3n) is 7.19. The number of rotatable bonds is 3. The third kappa shape index (κ3) is 3.50. The summed E-state index contributed by atoms with van der Waals surface area (Å²) in [6.07, 6.45) is 0. The molecule has 0 saturated heterocycles. The maximum absolute atomic E-state index is 6.29. The van der Waals surface area contributed by atoms with E-state index in [1.54, 1.807) is 6.07 Å². The molecule has 0 bridgehead atoms. The van der Waals surface area contributed by atoms with Gasteiger partial charge in [0.1, 0.15) is 16.1 Å². The van der Waals surface area contributed by atoms with Gasteiger partial charge in [-0.3, -0.25) is 4.57 Å².